The van der Waals surface area contributed by atoms with Gasteiger partial charge in [0.25, 0.3) is 0 Å². The van der Waals surface area contributed by atoms with Crippen molar-refractivity contribution in [3.63, 3.8) is 0 Å². The summed E-state index contributed by atoms with van der Waals surface area (Å²) in [5.41, 5.74) is 3.38. The predicted octanol–water partition coefficient (Wildman–Crippen LogP) is 2.78. The van der Waals surface area contributed by atoms with Crippen LogP contribution in [0.5, 0.6) is 0 Å². The van der Waals surface area contributed by atoms with Crippen molar-refractivity contribution in [2.75, 3.05) is 23.3 Å². The van der Waals surface area contributed by atoms with Gasteiger partial charge >= 0.3 is 0 Å². The van der Waals surface area contributed by atoms with E-state index in [-0.39, 0.29) is 17.9 Å². The van der Waals surface area contributed by atoms with E-state index in [1.54, 1.807) is 44.4 Å². The van der Waals surface area contributed by atoms with Gasteiger partial charge in [-0.25, -0.2) is 15.0 Å². The summed E-state index contributed by atoms with van der Waals surface area (Å²) in [6.07, 6.45) is 3.70. The first-order valence-electron chi connectivity index (χ1n) is 10.5. The largest absolute Gasteiger partial charge is 0.389 e. The van der Waals surface area contributed by atoms with Crippen molar-refractivity contribution in [3.05, 3.63) is 65.7 Å². The van der Waals surface area contributed by atoms with Crippen LogP contribution in [0, 0.1) is 17.2 Å². The summed E-state index contributed by atoms with van der Waals surface area (Å²) in [6.45, 7) is 4.79. The number of carbonyl (C=O) groups is 1. The standard InChI is InChI=1S/C24H24N6O2/c1-15(2)24(32)29-20-4-3-17(11-18(20)12-25)21-6-8-26-22(28-21)9-16-5-7-27-23(10-16)30-13-19(31)14-30/h3-8,10-11,15,19,31H,9,13-14H2,1-2H3,(H,29,32). The van der Waals surface area contributed by atoms with E-state index in [0.717, 1.165) is 16.9 Å². The molecule has 8 nitrogen and oxygen atoms in total. The lowest BCUT2D eigenvalue weighted by Gasteiger charge is -2.36. The molecule has 0 atom stereocenters. The predicted molar refractivity (Wildman–Crippen MR) is 121 cm³/mol. The molecular weight excluding hydrogens is 404 g/mol. The van der Waals surface area contributed by atoms with Gasteiger partial charge in [-0.1, -0.05) is 19.9 Å². The van der Waals surface area contributed by atoms with Gasteiger partial charge < -0.3 is 15.3 Å². The van der Waals surface area contributed by atoms with Crippen LogP contribution in [-0.2, 0) is 11.2 Å². The second-order valence-corrected chi connectivity index (χ2v) is 8.13. The van der Waals surface area contributed by atoms with Crippen molar-refractivity contribution in [1.82, 2.24) is 15.0 Å². The minimum absolute atomic E-state index is 0.136. The third-order valence-electron chi connectivity index (χ3n) is 5.28. The Morgan fingerprint density at radius 1 is 1.22 bits per heavy atom. The lowest BCUT2D eigenvalue weighted by atomic mass is 10.1. The highest BCUT2D eigenvalue weighted by Gasteiger charge is 2.25. The third-order valence-corrected chi connectivity index (χ3v) is 5.28. The SMILES string of the molecule is CC(C)C(=O)Nc1ccc(-c2ccnc(Cc3ccnc(N4CC(O)C4)c3)n2)cc1C#N. The van der Waals surface area contributed by atoms with Gasteiger partial charge in [-0.05, 0) is 35.9 Å². The molecule has 8 heteroatoms. The molecule has 0 spiro atoms. The molecule has 32 heavy (non-hydrogen) atoms. The van der Waals surface area contributed by atoms with E-state index in [0.29, 0.717) is 42.3 Å². The normalized spacial score (nSPS) is 13.5. The van der Waals surface area contributed by atoms with E-state index in [4.69, 9.17) is 0 Å². The average molecular weight is 428 g/mol. The molecule has 0 unspecified atom stereocenters. The van der Waals surface area contributed by atoms with Crippen molar-refractivity contribution < 1.29 is 9.90 Å². The van der Waals surface area contributed by atoms with Crippen LogP contribution in [0.2, 0.25) is 0 Å². The number of β-amino-alcohol motifs (C(OH)–C–C–N with tert-alkyl or cyclic N) is 1. The number of anilines is 2. The van der Waals surface area contributed by atoms with Crippen molar-refractivity contribution in [3.8, 4) is 17.3 Å². The monoisotopic (exact) mass is 428 g/mol. The highest BCUT2D eigenvalue weighted by atomic mass is 16.3. The topological polar surface area (TPSA) is 115 Å². The molecule has 1 aliphatic heterocycles. The molecule has 0 saturated carbocycles. The van der Waals surface area contributed by atoms with Crippen LogP contribution in [0.15, 0.2) is 48.8 Å². The number of aliphatic hydroxyl groups is 1. The molecule has 2 aromatic heterocycles. The molecule has 3 aromatic rings. The van der Waals surface area contributed by atoms with Crippen LogP contribution in [0.3, 0.4) is 0 Å². The van der Waals surface area contributed by atoms with Gasteiger partial charge in [-0.2, -0.15) is 5.26 Å². The van der Waals surface area contributed by atoms with E-state index >= 15 is 0 Å². The Labute approximate surface area is 186 Å². The van der Waals surface area contributed by atoms with Crippen molar-refractivity contribution >= 4 is 17.4 Å². The zero-order chi connectivity index (χ0) is 22.7. The highest BCUT2D eigenvalue weighted by Crippen LogP contribution is 2.25. The number of aromatic nitrogens is 3. The highest BCUT2D eigenvalue weighted by molar-refractivity contribution is 5.93. The van der Waals surface area contributed by atoms with Crippen LogP contribution in [0.1, 0.15) is 30.8 Å². The molecule has 1 aromatic carbocycles. The number of nitrogens with zero attached hydrogens (tertiary/aromatic N) is 5. The Morgan fingerprint density at radius 3 is 2.72 bits per heavy atom. The van der Waals surface area contributed by atoms with Gasteiger partial charge in [0.05, 0.1) is 23.0 Å². The molecule has 162 valence electrons. The molecule has 0 aliphatic carbocycles. The number of nitrogens with one attached hydrogen (secondary N) is 1. The van der Waals surface area contributed by atoms with E-state index in [2.05, 4.69) is 26.3 Å². The molecule has 4 rings (SSSR count). The molecule has 0 bridgehead atoms. The van der Waals surface area contributed by atoms with E-state index in [9.17, 15) is 15.2 Å². The van der Waals surface area contributed by atoms with Crippen molar-refractivity contribution in [2.45, 2.75) is 26.4 Å². The van der Waals surface area contributed by atoms with Crippen molar-refractivity contribution in [1.29, 1.82) is 5.26 Å². The number of amides is 1. The van der Waals surface area contributed by atoms with E-state index in [1.165, 1.54) is 0 Å². The first-order chi connectivity index (χ1) is 15.4. The first kappa shape index (κ1) is 21.4. The van der Waals surface area contributed by atoms with Gasteiger partial charge in [0.15, 0.2) is 0 Å². The summed E-state index contributed by atoms with van der Waals surface area (Å²) in [5.74, 6) is 1.18. The zero-order valence-electron chi connectivity index (χ0n) is 18.0. The molecule has 3 heterocycles. The third kappa shape index (κ3) is 4.74. The first-order valence-corrected chi connectivity index (χ1v) is 10.5. The van der Waals surface area contributed by atoms with Gasteiger partial charge in [0.2, 0.25) is 5.91 Å². The molecule has 1 aliphatic rings. The van der Waals surface area contributed by atoms with Gasteiger partial charge in [-0.15, -0.1) is 0 Å². The molecule has 2 N–H and O–H groups in total. The molecule has 1 amide bonds. The fourth-order valence-corrected chi connectivity index (χ4v) is 3.40. The quantitative estimate of drug-likeness (QED) is 0.620. The number of pyridine rings is 1. The van der Waals surface area contributed by atoms with E-state index < -0.39 is 0 Å². The fourth-order valence-electron chi connectivity index (χ4n) is 3.40. The number of carbonyl (C=O) groups excluding carboxylic acids is 1. The smallest absolute Gasteiger partial charge is 0.226 e. The number of aliphatic hydroxyl groups excluding tert-OH is 1. The molecular formula is C24H24N6O2. The maximum absolute atomic E-state index is 12.0. The fraction of sp³-hybridized carbons (Fsp3) is 0.292. The van der Waals surface area contributed by atoms with Crippen LogP contribution in [0.4, 0.5) is 11.5 Å². The van der Waals surface area contributed by atoms with Crippen LogP contribution in [0.25, 0.3) is 11.3 Å². The van der Waals surface area contributed by atoms with Gasteiger partial charge in [0.1, 0.15) is 17.7 Å². The number of rotatable bonds is 6. The van der Waals surface area contributed by atoms with Gasteiger partial charge in [0, 0.05) is 43.4 Å². The van der Waals surface area contributed by atoms with Crippen LogP contribution in [-0.4, -0.2) is 45.2 Å². The number of hydrogen-bond acceptors (Lipinski definition) is 7. The number of benzene rings is 1. The average Bonchev–Trinajstić information content (AvgIpc) is 2.77. The second-order valence-electron chi connectivity index (χ2n) is 8.13. The Balaban J connectivity index is 1.54. The lowest BCUT2D eigenvalue weighted by Crippen LogP contribution is -2.51. The Kier molecular flexibility index (Phi) is 6.10. The Morgan fingerprint density at radius 2 is 2.00 bits per heavy atom. The van der Waals surface area contributed by atoms with Gasteiger partial charge in [-0.3, -0.25) is 4.79 Å². The number of nitriles is 1. The lowest BCUT2D eigenvalue weighted by molar-refractivity contribution is -0.118. The maximum Gasteiger partial charge on any atom is 0.226 e. The maximum atomic E-state index is 12.0. The summed E-state index contributed by atoms with van der Waals surface area (Å²) < 4.78 is 0. The summed E-state index contributed by atoms with van der Waals surface area (Å²) in [6, 6.07) is 13.1. The summed E-state index contributed by atoms with van der Waals surface area (Å²) in [5, 5.41) is 21.8. The Hall–Kier alpha value is -3.83. The molecule has 1 fully saturated rings. The minimum atomic E-state index is -0.288. The molecule has 1 saturated heterocycles. The molecule has 0 radical (unpaired) electrons. The zero-order valence-corrected chi connectivity index (χ0v) is 18.0. The Bertz CT molecular complexity index is 1180. The van der Waals surface area contributed by atoms with Crippen LogP contribution < -0.4 is 10.2 Å². The van der Waals surface area contributed by atoms with Crippen LogP contribution >= 0.6 is 0 Å². The summed E-state index contributed by atoms with van der Waals surface area (Å²) in [4.78, 5) is 27.5. The van der Waals surface area contributed by atoms with E-state index in [1.807, 2.05) is 23.1 Å². The number of hydrogen-bond donors (Lipinski definition) is 2. The minimum Gasteiger partial charge on any atom is -0.389 e. The summed E-state index contributed by atoms with van der Waals surface area (Å²) >= 11 is 0. The van der Waals surface area contributed by atoms with Crippen molar-refractivity contribution in [2.24, 2.45) is 5.92 Å². The summed E-state index contributed by atoms with van der Waals surface area (Å²) in [7, 11) is 0. The second kappa shape index (κ2) is 9.12.